The molecule has 1 aliphatic heterocycles. The van der Waals surface area contributed by atoms with Gasteiger partial charge >= 0.3 is 6.03 Å². The van der Waals surface area contributed by atoms with Gasteiger partial charge in [0.1, 0.15) is 23.1 Å². The van der Waals surface area contributed by atoms with Crippen LogP contribution in [-0.4, -0.2) is 43.0 Å². The lowest BCUT2D eigenvalue weighted by atomic mass is 10.1. The minimum absolute atomic E-state index is 0.109. The Morgan fingerprint density at radius 2 is 1.78 bits per heavy atom. The number of carbonyl (C=O) groups excluding carboxylic acids is 2. The molecule has 0 unspecified atom stereocenters. The number of halogens is 3. The molecule has 3 amide bonds. The number of carbonyl (C=O) groups is 2. The van der Waals surface area contributed by atoms with Gasteiger partial charge in [0.15, 0.2) is 21.5 Å². The topological polar surface area (TPSA) is 114 Å². The van der Waals surface area contributed by atoms with Gasteiger partial charge in [-0.15, -0.1) is 0 Å². The van der Waals surface area contributed by atoms with Crippen LogP contribution in [0.15, 0.2) is 41.3 Å². The second kappa shape index (κ2) is 7.48. The molecule has 1 saturated heterocycles. The molecule has 4 rings (SSSR count). The molecule has 166 valence electrons. The Hall–Kier alpha value is -3.67. The molecule has 1 aromatic heterocycles. The van der Waals surface area contributed by atoms with Crippen LogP contribution < -0.4 is 10.6 Å². The van der Waals surface area contributed by atoms with Crippen LogP contribution in [-0.2, 0) is 21.2 Å². The summed E-state index contributed by atoms with van der Waals surface area (Å²) in [6, 6.07) is 7.75. The normalized spacial score (nSPS) is 14.6. The third-order valence-corrected chi connectivity index (χ3v) is 6.04. The van der Waals surface area contributed by atoms with E-state index in [1.165, 1.54) is 6.07 Å². The van der Waals surface area contributed by atoms with E-state index in [4.69, 9.17) is 5.73 Å². The molecule has 0 bridgehead atoms. The van der Waals surface area contributed by atoms with Crippen molar-refractivity contribution < 1.29 is 31.2 Å². The summed E-state index contributed by atoms with van der Waals surface area (Å²) < 4.78 is 66.3. The number of urea groups is 1. The zero-order chi connectivity index (χ0) is 23.4. The summed E-state index contributed by atoms with van der Waals surface area (Å²) in [6.07, 6.45) is 0.506. The summed E-state index contributed by atoms with van der Waals surface area (Å²) in [7, 11) is -4.44. The summed E-state index contributed by atoms with van der Waals surface area (Å²) in [5.41, 5.74) is 5.91. The van der Waals surface area contributed by atoms with Crippen LogP contribution >= 0.6 is 0 Å². The summed E-state index contributed by atoms with van der Waals surface area (Å²) in [6.45, 7) is -0.603. The molecule has 1 fully saturated rings. The number of amides is 3. The Labute approximate surface area is 180 Å². The highest BCUT2D eigenvalue weighted by Gasteiger charge is 2.40. The molecule has 12 heteroatoms. The molecule has 0 spiro atoms. The number of nitrogens with two attached hydrogens (primary N) is 1. The number of nitrogen functional groups attached to an aromatic ring is 1. The maximum absolute atomic E-state index is 14.6. The van der Waals surface area contributed by atoms with Gasteiger partial charge in [0.2, 0.25) is 0 Å². The van der Waals surface area contributed by atoms with Gasteiger partial charge in [0.25, 0.3) is 5.91 Å². The molecular formula is C20H15F3N4O4S. The molecule has 0 aliphatic carbocycles. The standard InChI is InChI=1S/C20H15F3N4O4S/c1-32(30,31)19-12(21)7-14(17(22)18(19)23)27-16(28)9-26(20(27)29)8-10-6-15(24)25-13-5-3-2-4-11(10)13/h2-7H,8-9H2,1H3,(H2,24,25). The van der Waals surface area contributed by atoms with Gasteiger partial charge in [-0.3, -0.25) is 4.79 Å². The van der Waals surface area contributed by atoms with Crippen molar-refractivity contribution in [3.63, 3.8) is 0 Å². The number of fused-ring (bicyclic) bond motifs is 1. The fourth-order valence-electron chi connectivity index (χ4n) is 3.59. The number of rotatable bonds is 4. The van der Waals surface area contributed by atoms with E-state index >= 15 is 0 Å². The van der Waals surface area contributed by atoms with Crippen LogP contribution in [0.2, 0.25) is 0 Å². The zero-order valence-electron chi connectivity index (χ0n) is 16.5. The van der Waals surface area contributed by atoms with Crippen LogP contribution in [0.25, 0.3) is 10.9 Å². The Bertz CT molecular complexity index is 1410. The van der Waals surface area contributed by atoms with Crippen LogP contribution in [0.4, 0.5) is 29.5 Å². The van der Waals surface area contributed by atoms with Crippen molar-refractivity contribution in [1.82, 2.24) is 9.88 Å². The summed E-state index contributed by atoms with van der Waals surface area (Å²) >= 11 is 0. The monoisotopic (exact) mass is 464 g/mol. The molecule has 2 N–H and O–H groups in total. The van der Waals surface area contributed by atoms with Crippen molar-refractivity contribution in [2.24, 2.45) is 0 Å². The van der Waals surface area contributed by atoms with E-state index < -0.39 is 56.4 Å². The van der Waals surface area contributed by atoms with Gasteiger partial charge < -0.3 is 10.6 Å². The predicted molar refractivity (Wildman–Crippen MR) is 109 cm³/mol. The van der Waals surface area contributed by atoms with Crippen LogP contribution in [0.5, 0.6) is 0 Å². The fraction of sp³-hybridized carbons (Fsp3) is 0.150. The van der Waals surface area contributed by atoms with E-state index in [1.807, 2.05) is 0 Å². The van der Waals surface area contributed by atoms with E-state index in [2.05, 4.69) is 4.98 Å². The highest BCUT2D eigenvalue weighted by Crippen LogP contribution is 2.32. The van der Waals surface area contributed by atoms with E-state index in [0.717, 1.165) is 4.90 Å². The number of aromatic nitrogens is 1. The van der Waals surface area contributed by atoms with Crippen molar-refractivity contribution in [3.05, 3.63) is 59.4 Å². The van der Waals surface area contributed by atoms with E-state index in [0.29, 0.717) is 28.8 Å². The lowest BCUT2D eigenvalue weighted by molar-refractivity contribution is -0.116. The molecule has 0 atom stereocenters. The first-order valence-electron chi connectivity index (χ1n) is 9.12. The molecule has 8 nitrogen and oxygen atoms in total. The Balaban J connectivity index is 1.72. The van der Waals surface area contributed by atoms with Crippen molar-refractivity contribution in [2.75, 3.05) is 23.4 Å². The number of sulfone groups is 1. The lowest BCUT2D eigenvalue weighted by Crippen LogP contribution is -2.34. The van der Waals surface area contributed by atoms with Crippen molar-refractivity contribution >= 4 is 44.2 Å². The number of hydrogen-bond acceptors (Lipinski definition) is 6. The number of nitrogens with zero attached hydrogens (tertiary/aromatic N) is 3. The molecule has 2 aromatic carbocycles. The average molecular weight is 464 g/mol. The predicted octanol–water partition coefficient (Wildman–Crippen LogP) is 2.61. The van der Waals surface area contributed by atoms with Gasteiger partial charge in [0.05, 0.1) is 11.2 Å². The molecule has 3 aromatic rings. The van der Waals surface area contributed by atoms with E-state index in [1.54, 1.807) is 24.3 Å². The quantitative estimate of drug-likeness (QED) is 0.469. The maximum atomic E-state index is 14.6. The highest BCUT2D eigenvalue weighted by molar-refractivity contribution is 7.90. The van der Waals surface area contributed by atoms with Gasteiger partial charge in [-0.2, -0.15) is 0 Å². The van der Waals surface area contributed by atoms with Gasteiger partial charge in [0, 0.05) is 24.3 Å². The average Bonchev–Trinajstić information content (AvgIpc) is 2.96. The second-order valence-corrected chi connectivity index (χ2v) is 9.15. The van der Waals surface area contributed by atoms with Gasteiger partial charge in [-0.1, -0.05) is 18.2 Å². The van der Waals surface area contributed by atoms with E-state index in [9.17, 15) is 31.2 Å². The van der Waals surface area contributed by atoms with Crippen LogP contribution in [0.1, 0.15) is 5.56 Å². The first-order chi connectivity index (χ1) is 15.0. The lowest BCUT2D eigenvalue weighted by Gasteiger charge is -2.19. The summed E-state index contributed by atoms with van der Waals surface area (Å²) in [5.74, 6) is -6.21. The van der Waals surface area contributed by atoms with Crippen molar-refractivity contribution in [2.45, 2.75) is 11.4 Å². The minimum atomic E-state index is -4.44. The first kappa shape index (κ1) is 21.6. The number of anilines is 2. The molecule has 0 radical (unpaired) electrons. The molecule has 0 saturated carbocycles. The first-order valence-corrected chi connectivity index (χ1v) is 11.0. The fourth-order valence-corrected chi connectivity index (χ4v) is 4.41. The zero-order valence-corrected chi connectivity index (χ0v) is 17.3. The Morgan fingerprint density at radius 1 is 1.09 bits per heavy atom. The number of para-hydroxylation sites is 1. The van der Waals surface area contributed by atoms with Gasteiger partial charge in [-0.25, -0.2) is 36.3 Å². The third kappa shape index (κ3) is 3.51. The third-order valence-electron chi connectivity index (χ3n) is 4.93. The largest absolute Gasteiger partial charge is 0.384 e. The number of benzene rings is 2. The van der Waals surface area contributed by atoms with Crippen molar-refractivity contribution in [1.29, 1.82) is 0 Å². The SMILES string of the molecule is CS(=O)(=O)c1c(F)cc(N2C(=O)CN(Cc3cc(N)nc4ccccc34)C2=O)c(F)c1F. The maximum Gasteiger partial charge on any atom is 0.332 e. The highest BCUT2D eigenvalue weighted by atomic mass is 32.2. The molecular weight excluding hydrogens is 449 g/mol. The number of pyridine rings is 1. The second-order valence-electron chi connectivity index (χ2n) is 7.20. The summed E-state index contributed by atoms with van der Waals surface area (Å²) in [4.78, 5) is 29.3. The van der Waals surface area contributed by atoms with E-state index in [-0.39, 0.29) is 17.3 Å². The molecule has 32 heavy (non-hydrogen) atoms. The van der Waals surface area contributed by atoms with Gasteiger partial charge in [-0.05, 0) is 17.7 Å². The van der Waals surface area contributed by atoms with Crippen LogP contribution in [0, 0.1) is 17.5 Å². The van der Waals surface area contributed by atoms with Crippen LogP contribution in [0.3, 0.4) is 0 Å². The number of imide groups is 1. The molecule has 1 aliphatic rings. The molecule has 2 heterocycles. The number of hydrogen-bond donors (Lipinski definition) is 1. The van der Waals surface area contributed by atoms with Crippen molar-refractivity contribution in [3.8, 4) is 0 Å². The Kier molecular flexibility index (Phi) is 5.04. The smallest absolute Gasteiger partial charge is 0.332 e. The summed E-state index contributed by atoms with van der Waals surface area (Å²) in [5, 5.41) is 0.668. The Morgan fingerprint density at radius 3 is 2.47 bits per heavy atom. The minimum Gasteiger partial charge on any atom is -0.384 e.